The molecule has 2 aliphatic rings. The molecule has 3 nitrogen and oxygen atoms in total. The van der Waals surface area contributed by atoms with Crippen LogP contribution in [-0.4, -0.2) is 41.4 Å². The minimum Gasteiger partial charge on any atom is -0.339 e. The number of carbonyl (C=O) groups is 1. The summed E-state index contributed by atoms with van der Waals surface area (Å²) in [6.45, 7) is 9.45. The van der Waals surface area contributed by atoms with E-state index in [0.29, 0.717) is 18.0 Å². The van der Waals surface area contributed by atoms with Crippen LogP contribution in [0.5, 0.6) is 0 Å². The summed E-state index contributed by atoms with van der Waals surface area (Å²) in [4.78, 5) is 17.1. The number of rotatable bonds is 3. The Balaban J connectivity index is 1.71. The normalized spacial score (nSPS) is 28.0. The van der Waals surface area contributed by atoms with Crippen LogP contribution in [0.4, 0.5) is 0 Å². The van der Waals surface area contributed by atoms with E-state index in [1.807, 2.05) is 4.90 Å². The summed E-state index contributed by atoms with van der Waals surface area (Å²) in [7, 11) is 0. The van der Waals surface area contributed by atoms with Gasteiger partial charge in [-0.1, -0.05) is 30.3 Å². The smallest absolute Gasteiger partial charge is 0.232 e. The second kappa shape index (κ2) is 5.45. The van der Waals surface area contributed by atoms with E-state index in [9.17, 15) is 4.79 Å². The van der Waals surface area contributed by atoms with Crippen LogP contribution in [-0.2, 0) is 4.79 Å². The van der Waals surface area contributed by atoms with Crippen LogP contribution in [0.25, 0.3) is 0 Å². The summed E-state index contributed by atoms with van der Waals surface area (Å²) < 4.78 is 0. The molecule has 2 heterocycles. The third-order valence-electron chi connectivity index (χ3n) is 5.25. The number of nitrogens with zero attached hydrogens (tertiary/aromatic N) is 2. The molecule has 1 aromatic rings. The van der Waals surface area contributed by atoms with Gasteiger partial charge in [0.2, 0.25) is 5.91 Å². The number of piperidine rings is 1. The van der Waals surface area contributed by atoms with Gasteiger partial charge in [0, 0.05) is 25.2 Å². The molecule has 1 aromatic carbocycles. The molecule has 2 fully saturated rings. The van der Waals surface area contributed by atoms with Gasteiger partial charge in [-0.2, -0.15) is 0 Å². The fourth-order valence-corrected chi connectivity index (χ4v) is 3.84. The number of hydrogen-bond acceptors (Lipinski definition) is 2. The first kappa shape index (κ1) is 14.6. The van der Waals surface area contributed by atoms with Gasteiger partial charge in [-0.05, 0) is 45.7 Å². The summed E-state index contributed by atoms with van der Waals surface area (Å²) in [5.74, 6) is 0.377. The summed E-state index contributed by atoms with van der Waals surface area (Å²) >= 11 is 0. The van der Waals surface area contributed by atoms with Crippen molar-refractivity contribution < 1.29 is 4.79 Å². The van der Waals surface area contributed by atoms with Crippen molar-refractivity contribution in [1.82, 2.24) is 9.80 Å². The summed E-state index contributed by atoms with van der Waals surface area (Å²) in [6.07, 6.45) is 2.20. The highest BCUT2D eigenvalue weighted by atomic mass is 16.2. The Bertz CT molecular complexity index is 513. The second-order valence-corrected chi connectivity index (χ2v) is 6.97. The van der Waals surface area contributed by atoms with Gasteiger partial charge >= 0.3 is 0 Å². The van der Waals surface area contributed by atoms with Gasteiger partial charge in [0.1, 0.15) is 0 Å². The molecular weight excluding hydrogens is 260 g/mol. The number of hydrogen-bond donors (Lipinski definition) is 0. The van der Waals surface area contributed by atoms with E-state index in [-0.39, 0.29) is 5.41 Å². The lowest BCUT2D eigenvalue weighted by Gasteiger charge is -2.55. The van der Waals surface area contributed by atoms with E-state index in [0.717, 1.165) is 32.5 Å². The molecule has 2 aliphatic heterocycles. The van der Waals surface area contributed by atoms with Gasteiger partial charge in [-0.25, -0.2) is 0 Å². The molecule has 0 unspecified atom stereocenters. The molecule has 2 saturated heterocycles. The van der Waals surface area contributed by atoms with Crippen LogP contribution in [0.2, 0.25) is 0 Å². The van der Waals surface area contributed by atoms with Crippen LogP contribution in [0.15, 0.2) is 30.3 Å². The lowest BCUT2D eigenvalue weighted by atomic mass is 9.71. The number of carbonyl (C=O) groups excluding carboxylic acids is 1. The fraction of sp³-hybridized carbons (Fsp3) is 0.611. The molecule has 0 aliphatic carbocycles. The van der Waals surface area contributed by atoms with E-state index in [1.165, 1.54) is 5.56 Å². The minimum atomic E-state index is -0.0917. The molecule has 1 spiro atoms. The van der Waals surface area contributed by atoms with Gasteiger partial charge in [0.15, 0.2) is 0 Å². The fourth-order valence-electron chi connectivity index (χ4n) is 3.84. The molecule has 0 saturated carbocycles. The molecule has 2 atom stereocenters. The Morgan fingerprint density at radius 2 is 1.81 bits per heavy atom. The zero-order valence-corrected chi connectivity index (χ0v) is 13.4. The van der Waals surface area contributed by atoms with Crippen LogP contribution in [0.1, 0.15) is 45.2 Å². The second-order valence-electron chi connectivity index (χ2n) is 6.97. The summed E-state index contributed by atoms with van der Waals surface area (Å²) in [5.41, 5.74) is 1.26. The number of benzene rings is 1. The monoisotopic (exact) mass is 286 g/mol. The first-order chi connectivity index (χ1) is 10.0. The summed E-state index contributed by atoms with van der Waals surface area (Å²) in [6, 6.07) is 11.4. The van der Waals surface area contributed by atoms with Crippen molar-refractivity contribution in [2.75, 3.05) is 19.6 Å². The number of likely N-dealkylation sites (tertiary alicyclic amines) is 2. The topological polar surface area (TPSA) is 23.6 Å². The first-order valence-electron chi connectivity index (χ1n) is 8.13. The lowest BCUT2D eigenvalue weighted by molar-refractivity contribution is -0.170. The Labute approximate surface area is 127 Å². The Morgan fingerprint density at radius 1 is 1.10 bits per heavy atom. The highest BCUT2D eigenvalue weighted by Crippen LogP contribution is 2.43. The molecule has 0 N–H and O–H groups in total. The Morgan fingerprint density at radius 3 is 2.43 bits per heavy atom. The lowest BCUT2D eigenvalue weighted by Crippen LogP contribution is -2.68. The van der Waals surface area contributed by atoms with E-state index in [2.05, 4.69) is 56.0 Å². The van der Waals surface area contributed by atoms with E-state index in [1.54, 1.807) is 0 Å². The van der Waals surface area contributed by atoms with Crippen LogP contribution in [0.3, 0.4) is 0 Å². The van der Waals surface area contributed by atoms with Crippen LogP contribution < -0.4 is 0 Å². The molecule has 0 bridgehead atoms. The van der Waals surface area contributed by atoms with E-state index in [4.69, 9.17) is 0 Å². The van der Waals surface area contributed by atoms with Crippen molar-refractivity contribution in [3.63, 3.8) is 0 Å². The standard InChI is InChI=1S/C18H26N2O/c1-14(2)20-13-18(17(20)21)10-7-11-19(12-18)15(3)16-8-5-4-6-9-16/h4-6,8-9,14-15H,7,10-13H2,1-3H3/t15-,18-/m1/s1. The van der Waals surface area contributed by atoms with Crippen molar-refractivity contribution >= 4 is 5.91 Å². The average molecular weight is 286 g/mol. The molecular formula is C18H26N2O. The highest BCUT2D eigenvalue weighted by molar-refractivity contribution is 5.89. The molecule has 3 heteroatoms. The van der Waals surface area contributed by atoms with Crippen molar-refractivity contribution in [2.45, 2.75) is 45.7 Å². The van der Waals surface area contributed by atoms with Crippen molar-refractivity contribution in [3.05, 3.63) is 35.9 Å². The molecule has 114 valence electrons. The third kappa shape index (κ3) is 2.48. The highest BCUT2D eigenvalue weighted by Gasteiger charge is 2.54. The van der Waals surface area contributed by atoms with Gasteiger partial charge < -0.3 is 4.90 Å². The molecule has 0 aromatic heterocycles. The molecule has 1 amide bonds. The summed E-state index contributed by atoms with van der Waals surface area (Å²) in [5, 5.41) is 0. The maximum atomic E-state index is 12.6. The number of β-lactam (4-membered cyclic amide) rings is 1. The minimum absolute atomic E-state index is 0.0917. The quantitative estimate of drug-likeness (QED) is 0.797. The molecule has 21 heavy (non-hydrogen) atoms. The SMILES string of the molecule is CC(C)N1C[C@]2(CCCN([C@H](C)c3ccccc3)C2)C1=O. The predicted octanol–water partition coefficient (Wildman–Crippen LogP) is 3.08. The van der Waals surface area contributed by atoms with Gasteiger partial charge in [0.25, 0.3) is 0 Å². The van der Waals surface area contributed by atoms with Crippen LogP contribution in [0, 0.1) is 5.41 Å². The zero-order valence-electron chi connectivity index (χ0n) is 13.4. The molecule has 3 rings (SSSR count). The van der Waals surface area contributed by atoms with Crippen molar-refractivity contribution in [3.8, 4) is 0 Å². The first-order valence-corrected chi connectivity index (χ1v) is 8.13. The van der Waals surface area contributed by atoms with Crippen LogP contribution >= 0.6 is 0 Å². The molecule has 0 radical (unpaired) electrons. The van der Waals surface area contributed by atoms with E-state index < -0.39 is 0 Å². The zero-order chi connectivity index (χ0) is 15.0. The Hall–Kier alpha value is -1.35. The number of amides is 1. The van der Waals surface area contributed by atoms with Crippen molar-refractivity contribution in [1.29, 1.82) is 0 Å². The van der Waals surface area contributed by atoms with Gasteiger partial charge in [-0.3, -0.25) is 9.69 Å². The predicted molar refractivity (Wildman–Crippen MR) is 84.9 cm³/mol. The van der Waals surface area contributed by atoms with Gasteiger partial charge in [-0.15, -0.1) is 0 Å². The maximum absolute atomic E-state index is 12.6. The third-order valence-corrected chi connectivity index (χ3v) is 5.25. The maximum Gasteiger partial charge on any atom is 0.232 e. The average Bonchev–Trinajstić information content (AvgIpc) is 2.52. The Kier molecular flexibility index (Phi) is 3.78. The van der Waals surface area contributed by atoms with Gasteiger partial charge in [0.05, 0.1) is 5.41 Å². The van der Waals surface area contributed by atoms with E-state index >= 15 is 0 Å². The largest absolute Gasteiger partial charge is 0.339 e. The van der Waals surface area contributed by atoms with Crippen molar-refractivity contribution in [2.24, 2.45) is 5.41 Å².